The third kappa shape index (κ3) is 4.26. The van der Waals surface area contributed by atoms with Gasteiger partial charge in [0.1, 0.15) is 0 Å². The van der Waals surface area contributed by atoms with E-state index in [1.54, 1.807) is 24.3 Å². The lowest BCUT2D eigenvalue weighted by Crippen LogP contribution is -2.20. The van der Waals surface area contributed by atoms with Crippen LogP contribution in [0.5, 0.6) is 0 Å². The van der Waals surface area contributed by atoms with Gasteiger partial charge in [0, 0.05) is 5.69 Å². The zero-order valence-electron chi connectivity index (χ0n) is 15.7. The van der Waals surface area contributed by atoms with Crippen molar-refractivity contribution in [3.63, 3.8) is 0 Å². The molecule has 31 heavy (non-hydrogen) atoms. The zero-order valence-corrected chi connectivity index (χ0v) is 16.5. The largest absolute Gasteiger partial charge is 0.416 e. The molecule has 0 saturated heterocycles. The number of benzene rings is 3. The van der Waals surface area contributed by atoms with Crippen LogP contribution in [0.15, 0.2) is 60.7 Å². The predicted molar refractivity (Wildman–Crippen MR) is 115 cm³/mol. The number of amides is 2. The van der Waals surface area contributed by atoms with E-state index in [0.29, 0.717) is 11.5 Å². The van der Waals surface area contributed by atoms with Gasteiger partial charge in [-0.15, -0.1) is 0 Å². The maximum atomic E-state index is 12.9. The van der Waals surface area contributed by atoms with Gasteiger partial charge in [-0.25, -0.2) is 4.79 Å². The Bertz CT molecular complexity index is 1270. The van der Waals surface area contributed by atoms with Crippen molar-refractivity contribution in [1.82, 2.24) is 10.2 Å². The molecule has 1 aromatic heterocycles. The molecule has 0 aliphatic carbocycles. The van der Waals surface area contributed by atoms with Crippen molar-refractivity contribution in [3.05, 3.63) is 71.2 Å². The van der Waals surface area contributed by atoms with E-state index in [2.05, 4.69) is 20.8 Å². The first-order valence-electron chi connectivity index (χ1n) is 9.00. The van der Waals surface area contributed by atoms with Crippen LogP contribution in [0, 0.1) is 0 Å². The Morgan fingerprint density at radius 3 is 2.48 bits per heavy atom. The second-order valence-corrected chi connectivity index (χ2v) is 7.09. The summed E-state index contributed by atoms with van der Waals surface area (Å²) in [6.45, 7) is 0. The number of nitrogens with one attached hydrogen (secondary N) is 3. The van der Waals surface area contributed by atoms with E-state index in [4.69, 9.17) is 17.3 Å². The summed E-state index contributed by atoms with van der Waals surface area (Å²) in [4.78, 5) is 12.2. The van der Waals surface area contributed by atoms with Crippen LogP contribution in [0.2, 0.25) is 5.02 Å². The third-order valence-corrected chi connectivity index (χ3v) is 4.94. The lowest BCUT2D eigenvalue weighted by Gasteiger charge is -2.12. The van der Waals surface area contributed by atoms with Gasteiger partial charge in [-0.05, 0) is 47.5 Å². The van der Waals surface area contributed by atoms with E-state index in [9.17, 15) is 18.0 Å². The maximum Gasteiger partial charge on any atom is 0.416 e. The van der Waals surface area contributed by atoms with Gasteiger partial charge in [-0.2, -0.15) is 18.3 Å². The molecule has 0 unspecified atom stereocenters. The first-order chi connectivity index (χ1) is 14.7. The number of carbonyl (C=O) groups excluding carboxylic acids is 1. The van der Waals surface area contributed by atoms with Gasteiger partial charge in [0.2, 0.25) is 0 Å². The molecule has 0 spiro atoms. The molecule has 0 aliphatic heterocycles. The third-order valence-electron chi connectivity index (χ3n) is 4.61. The van der Waals surface area contributed by atoms with E-state index in [-0.39, 0.29) is 10.7 Å². The minimum atomic E-state index is -4.55. The van der Waals surface area contributed by atoms with Crippen molar-refractivity contribution in [2.75, 3.05) is 16.4 Å². The van der Waals surface area contributed by atoms with E-state index in [1.165, 1.54) is 0 Å². The smallest absolute Gasteiger partial charge is 0.382 e. The fourth-order valence-corrected chi connectivity index (χ4v) is 3.32. The van der Waals surface area contributed by atoms with Crippen molar-refractivity contribution in [2.45, 2.75) is 6.18 Å². The minimum absolute atomic E-state index is 0.00991. The Hall–Kier alpha value is -3.72. The van der Waals surface area contributed by atoms with Gasteiger partial charge in [0.25, 0.3) is 0 Å². The highest BCUT2D eigenvalue weighted by atomic mass is 35.5. The van der Waals surface area contributed by atoms with E-state index in [1.807, 2.05) is 18.2 Å². The molecule has 6 nitrogen and oxygen atoms in total. The number of aromatic amines is 1. The van der Waals surface area contributed by atoms with Crippen molar-refractivity contribution in [2.24, 2.45) is 0 Å². The second-order valence-electron chi connectivity index (χ2n) is 6.69. The molecular formula is C21H15ClF3N5O. The van der Waals surface area contributed by atoms with Crippen molar-refractivity contribution >= 4 is 45.7 Å². The molecule has 1 heterocycles. The summed E-state index contributed by atoms with van der Waals surface area (Å²) in [7, 11) is 0. The Kier molecular flexibility index (Phi) is 5.20. The summed E-state index contributed by atoms with van der Waals surface area (Å²) in [5.41, 5.74) is 7.85. The van der Waals surface area contributed by atoms with Gasteiger partial charge >= 0.3 is 12.2 Å². The van der Waals surface area contributed by atoms with Gasteiger partial charge in [-0.3, -0.25) is 5.10 Å². The number of halogens is 4. The minimum Gasteiger partial charge on any atom is -0.382 e. The number of fused-ring (bicyclic) bond motifs is 1. The molecule has 0 saturated carbocycles. The summed E-state index contributed by atoms with van der Waals surface area (Å²) < 4.78 is 38.6. The number of rotatable bonds is 3. The fraction of sp³-hybridized carbons (Fsp3) is 0.0476. The van der Waals surface area contributed by atoms with Gasteiger partial charge < -0.3 is 16.4 Å². The zero-order chi connectivity index (χ0) is 22.2. The summed E-state index contributed by atoms with van der Waals surface area (Å²) in [6, 6.07) is 14.5. The molecule has 4 aromatic rings. The number of nitrogen functional groups attached to an aromatic ring is 1. The summed E-state index contributed by atoms with van der Waals surface area (Å²) >= 11 is 5.91. The summed E-state index contributed by atoms with van der Waals surface area (Å²) in [5.74, 6) is 0.380. The number of alkyl halides is 3. The molecule has 0 radical (unpaired) electrons. The lowest BCUT2D eigenvalue weighted by atomic mass is 10.0. The van der Waals surface area contributed by atoms with Crippen LogP contribution in [-0.2, 0) is 6.18 Å². The monoisotopic (exact) mass is 445 g/mol. The van der Waals surface area contributed by atoms with E-state index >= 15 is 0 Å². The number of aromatic nitrogens is 2. The molecule has 158 valence electrons. The van der Waals surface area contributed by atoms with Crippen molar-refractivity contribution in [1.29, 1.82) is 0 Å². The Morgan fingerprint density at radius 1 is 1.03 bits per heavy atom. The molecule has 0 atom stereocenters. The standard InChI is InChI=1S/C21H15ClF3N5O/c22-15-9-6-12(21(23,24)25)10-17(15)28-20(31)27-13-7-4-11(5-8-13)14-2-1-3-16-18(14)19(26)30-29-16/h1-10H,(H3,26,29,30)(H2,27,28,31). The molecule has 2 amide bonds. The van der Waals surface area contributed by atoms with Crippen molar-refractivity contribution in [3.8, 4) is 11.1 Å². The quantitative estimate of drug-likeness (QED) is 0.305. The van der Waals surface area contributed by atoms with Crippen LogP contribution in [0.4, 0.5) is 35.2 Å². The Labute approximate surface area is 179 Å². The number of anilines is 3. The van der Waals surface area contributed by atoms with Gasteiger partial charge in [0.15, 0.2) is 5.82 Å². The first kappa shape index (κ1) is 20.5. The highest BCUT2D eigenvalue weighted by Crippen LogP contribution is 2.34. The number of nitrogens with zero attached hydrogens (tertiary/aromatic N) is 1. The number of nitrogens with two attached hydrogens (primary N) is 1. The van der Waals surface area contributed by atoms with Crippen LogP contribution in [-0.4, -0.2) is 16.2 Å². The topological polar surface area (TPSA) is 95.8 Å². The molecule has 5 N–H and O–H groups in total. The Balaban J connectivity index is 1.51. The molecular weight excluding hydrogens is 431 g/mol. The van der Waals surface area contributed by atoms with Crippen LogP contribution in [0.1, 0.15) is 5.56 Å². The van der Waals surface area contributed by atoms with Gasteiger partial charge in [0.05, 0.1) is 27.2 Å². The number of hydrogen-bond acceptors (Lipinski definition) is 3. The lowest BCUT2D eigenvalue weighted by molar-refractivity contribution is -0.137. The SMILES string of the molecule is Nc1n[nH]c2cccc(-c3ccc(NC(=O)Nc4cc(C(F)(F)F)ccc4Cl)cc3)c12. The second kappa shape index (κ2) is 7.84. The normalized spacial score (nSPS) is 11.5. The summed E-state index contributed by atoms with van der Waals surface area (Å²) in [5, 5.41) is 12.5. The highest BCUT2D eigenvalue weighted by Gasteiger charge is 2.31. The van der Waals surface area contributed by atoms with Crippen LogP contribution in [0.25, 0.3) is 22.0 Å². The maximum absolute atomic E-state index is 12.9. The van der Waals surface area contributed by atoms with Crippen LogP contribution < -0.4 is 16.4 Å². The molecule has 0 fully saturated rings. The molecule has 0 bridgehead atoms. The number of H-pyrrole nitrogens is 1. The predicted octanol–water partition coefficient (Wildman–Crippen LogP) is 6.13. The average molecular weight is 446 g/mol. The number of carbonyl (C=O) groups is 1. The molecule has 3 aromatic carbocycles. The Morgan fingerprint density at radius 2 is 1.77 bits per heavy atom. The van der Waals surface area contributed by atoms with Crippen molar-refractivity contribution < 1.29 is 18.0 Å². The fourth-order valence-electron chi connectivity index (χ4n) is 3.15. The van der Waals surface area contributed by atoms with E-state index < -0.39 is 17.8 Å². The number of urea groups is 1. The van der Waals surface area contributed by atoms with E-state index in [0.717, 1.165) is 40.2 Å². The van der Waals surface area contributed by atoms with Gasteiger partial charge in [-0.1, -0.05) is 35.9 Å². The molecule has 10 heteroatoms. The molecule has 0 aliphatic rings. The van der Waals surface area contributed by atoms with Crippen LogP contribution in [0.3, 0.4) is 0 Å². The van der Waals surface area contributed by atoms with Crippen LogP contribution >= 0.6 is 11.6 Å². The first-order valence-corrected chi connectivity index (χ1v) is 9.38. The highest BCUT2D eigenvalue weighted by molar-refractivity contribution is 6.33. The summed E-state index contributed by atoms with van der Waals surface area (Å²) in [6.07, 6.45) is -4.55. The average Bonchev–Trinajstić information content (AvgIpc) is 3.10. The molecule has 4 rings (SSSR count). The number of hydrogen-bond donors (Lipinski definition) is 4.